The number of hydrogen-bond donors (Lipinski definition) is 1. The Morgan fingerprint density at radius 2 is 1.94 bits per heavy atom. The van der Waals surface area contributed by atoms with E-state index in [1.54, 1.807) is 7.11 Å². The van der Waals surface area contributed by atoms with Crippen LogP contribution in [0, 0.1) is 6.92 Å². The van der Waals surface area contributed by atoms with E-state index in [-0.39, 0.29) is 30.1 Å². The summed E-state index contributed by atoms with van der Waals surface area (Å²) in [6.07, 6.45) is 1.51. The summed E-state index contributed by atoms with van der Waals surface area (Å²) in [6.45, 7) is 2.52. The quantitative estimate of drug-likeness (QED) is 0.495. The van der Waals surface area contributed by atoms with Gasteiger partial charge in [0.25, 0.3) is 11.3 Å². The summed E-state index contributed by atoms with van der Waals surface area (Å²) >= 11 is 0. The minimum atomic E-state index is -0.292. The summed E-state index contributed by atoms with van der Waals surface area (Å²) < 4.78 is 11.9. The molecule has 0 radical (unpaired) electrons. The third-order valence-corrected chi connectivity index (χ3v) is 5.04. The summed E-state index contributed by atoms with van der Waals surface area (Å²) in [5.41, 5.74) is 3.09. The monoisotopic (exact) mass is 418 g/mol. The molecular formula is C23H22N4O4. The average Bonchev–Trinajstić information content (AvgIpc) is 3.23. The summed E-state index contributed by atoms with van der Waals surface area (Å²) in [6, 6.07) is 15.1. The van der Waals surface area contributed by atoms with E-state index in [0.29, 0.717) is 23.4 Å². The fourth-order valence-electron chi connectivity index (χ4n) is 3.30. The van der Waals surface area contributed by atoms with Gasteiger partial charge in [-0.2, -0.15) is 0 Å². The highest BCUT2D eigenvalue weighted by Crippen LogP contribution is 2.24. The lowest BCUT2D eigenvalue weighted by Crippen LogP contribution is -2.27. The van der Waals surface area contributed by atoms with E-state index in [1.165, 1.54) is 10.9 Å². The van der Waals surface area contributed by atoms with Gasteiger partial charge in [0.1, 0.15) is 23.2 Å². The topological polar surface area (TPSA) is 99.2 Å². The van der Waals surface area contributed by atoms with Gasteiger partial charge in [-0.25, -0.2) is 4.98 Å². The Morgan fingerprint density at radius 3 is 2.71 bits per heavy atom. The van der Waals surface area contributed by atoms with Crippen molar-refractivity contribution in [3.8, 4) is 17.0 Å². The van der Waals surface area contributed by atoms with Crippen LogP contribution in [0.3, 0.4) is 0 Å². The molecule has 0 saturated heterocycles. The number of nitrogens with zero attached hydrogens (tertiary/aromatic N) is 3. The van der Waals surface area contributed by atoms with Crippen molar-refractivity contribution in [1.29, 1.82) is 0 Å². The number of aryl methyl sites for hydroxylation is 2. The number of para-hydroxylation sites is 1. The Hall–Kier alpha value is -3.94. The Kier molecular flexibility index (Phi) is 5.79. The van der Waals surface area contributed by atoms with Crippen LogP contribution in [-0.4, -0.2) is 27.7 Å². The summed E-state index contributed by atoms with van der Waals surface area (Å²) in [4.78, 5) is 29.5. The van der Waals surface area contributed by atoms with Gasteiger partial charge in [-0.15, -0.1) is 0 Å². The van der Waals surface area contributed by atoms with Crippen LogP contribution in [0.15, 0.2) is 64.2 Å². The molecule has 31 heavy (non-hydrogen) atoms. The van der Waals surface area contributed by atoms with E-state index in [1.807, 2.05) is 55.5 Å². The first kappa shape index (κ1) is 20.3. The number of ether oxygens (including phenoxy) is 1. The molecule has 0 bridgehead atoms. The van der Waals surface area contributed by atoms with Gasteiger partial charge in [-0.1, -0.05) is 53.2 Å². The van der Waals surface area contributed by atoms with Crippen LogP contribution >= 0.6 is 0 Å². The normalized spacial score (nSPS) is 10.9. The lowest BCUT2D eigenvalue weighted by molar-refractivity contribution is -0.121. The molecule has 0 unspecified atom stereocenters. The molecule has 1 N–H and O–H groups in total. The highest BCUT2D eigenvalue weighted by atomic mass is 16.5. The zero-order valence-electron chi connectivity index (χ0n) is 17.3. The second-order valence-corrected chi connectivity index (χ2v) is 7.16. The number of methoxy groups -OCH3 is 1. The van der Waals surface area contributed by atoms with Crippen LogP contribution in [0.2, 0.25) is 0 Å². The molecule has 2 aromatic heterocycles. The number of nitrogens with one attached hydrogen (secondary N) is 1. The molecule has 0 saturated carbocycles. The number of fused-ring (bicyclic) bond motifs is 1. The third-order valence-electron chi connectivity index (χ3n) is 5.04. The van der Waals surface area contributed by atoms with E-state index in [2.05, 4.69) is 15.5 Å². The van der Waals surface area contributed by atoms with Gasteiger partial charge in [0.05, 0.1) is 7.11 Å². The van der Waals surface area contributed by atoms with Crippen molar-refractivity contribution in [2.75, 3.05) is 7.11 Å². The first-order chi connectivity index (χ1) is 15.1. The molecule has 8 heteroatoms. The van der Waals surface area contributed by atoms with Crippen LogP contribution < -0.4 is 15.6 Å². The van der Waals surface area contributed by atoms with Crippen molar-refractivity contribution >= 4 is 17.0 Å². The van der Waals surface area contributed by atoms with E-state index in [9.17, 15) is 9.59 Å². The molecule has 0 aliphatic heterocycles. The Balaban J connectivity index is 1.48. The van der Waals surface area contributed by atoms with Crippen LogP contribution in [-0.2, 0) is 17.9 Å². The largest absolute Gasteiger partial charge is 0.496 e. The molecule has 158 valence electrons. The molecule has 0 atom stereocenters. The van der Waals surface area contributed by atoms with Gasteiger partial charge < -0.3 is 14.6 Å². The fraction of sp³-hybridized carbons (Fsp3) is 0.217. The highest BCUT2D eigenvalue weighted by Gasteiger charge is 2.17. The van der Waals surface area contributed by atoms with Crippen molar-refractivity contribution in [1.82, 2.24) is 20.0 Å². The average molecular weight is 418 g/mol. The maximum Gasteiger partial charge on any atom is 0.266 e. The zero-order valence-corrected chi connectivity index (χ0v) is 17.3. The predicted octanol–water partition coefficient (Wildman–Crippen LogP) is 3.08. The van der Waals surface area contributed by atoms with Crippen molar-refractivity contribution in [3.63, 3.8) is 0 Å². The molecule has 4 aromatic rings. The molecule has 2 aromatic carbocycles. The fourth-order valence-corrected chi connectivity index (χ4v) is 3.30. The maximum absolute atomic E-state index is 13.0. The number of hydrogen-bond acceptors (Lipinski definition) is 6. The third kappa shape index (κ3) is 4.32. The summed E-state index contributed by atoms with van der Waals surface area (Å²) in [7, 11) is 1.59. The van der Waals surface area contributed by atoms with Gasteiger partial charge in [-0.05, 0) is 13.0 Å². The number of carbonyl (C=O) groups excluding carboxylic acids is 1. The van der Waals surface area contributed by atoms with E-state index in [4.69, 9.17) is 9.26 Å². The Morgan fingerprint density at radius 1 is 1.16 bits per heavy atom. The maximum atomic E-state index is 13.0. The van der Waals surface area contributed by atoms with Crippen LogP contribution in [0.1, 0.15) is 17.5 Å². The lowest BCUT2D eigenvalue weighted by atomic mass is 10.1. The molecule has 0 aliphatic carbocycles. The van der Waals surface area contributed by atoms with Crippen molar-refractivity contribution < 1.29 is 14.1 Å². The number of rotatable bonds is 7. The Bertz CT molecular complexity index is 1270. The number of aromatic nitrogens is 3. The molecule has 1 amide bonds. The van der Waals surface area contributed by atoms with E-state index >= 15 is 0 Å². The SMILES string of the molecule is COc1ccccc1CNC(=O)CCn1cnc2onc(-c3ccc(C)cc3)c2c1=O. The number of carbonyl (C=O) groups is 1. The van der Waals surface area contributed by atoms with Gasteiger partial charge in [-0.3, -0.25) is 14.2 Å². The number of benzene rings is 2. The summed E-state index contributed by atoms with van der Waals surface area (Å²) in [5.74, 6) is 0.534. The molecule has 0 fully saturated rings. The Labute approximate surface area is 178 Å². The van der Waals surface area contributed by atoms with Crippen molar-refractivity contribution in [2.45, 2.75) is 26.4 Å². The van der Waals surface area contributed by atoms with Gasteiger partial charge in [0.2, 0.25) is 5.91 Å². The van der Waals surface area contributed by atoms with Crippen LogP contribution in [0.4, 0.5) is 0 Å². The predicted molar refractivity (Wildman–Crippen MR) is 116 cm³/mol. The minimum absolute atomic E-state index is 0.132. The van der Waals surface area contributed by atoms with Gasteiger partial charge >= 0.3 is 0 Å². The van der Waals surface area contributed by atoms with Crippen LogP contribution in [0.5, 0.6) is 5.75 Å². The highest BCUT2D eigenvalue weighted by molar-refractivity contribution is 5.88. The first-order valence-corrected chi connectivity index (χ1v) is 9.87. The van der Waals surface area contributed by atoms with Crippen molar-refractivity contribution in [2.24, 2.45) is 0 Å². The number of amides is 1. The van der Waals surface area contributed by atoms with Gasteiger partial charge in [0, 0.05) is 30.6 Å². The van der Waals surface area contributed by atoms with Gasteiger partial charge in [0.15, 0.2) is 0 Å². The standard InChI is InChI=1S/C23H22N4O4/c1-15-7-9-16(10-8-15)21-20-22(31-26-21)25-14-27(23(20)29)12-11-19(28)24-13-17-5-3-4-6-18(17)30-2/h3-10,14H,11-13H2,1-2H3,(H,24,28). The molecule has 8 nitrogen and oxygen atoms in total. The zero-order chi connectivity index (χ0) is 21.8. The van der Waals surface area contributed by atoms with Crippen molar-refractivity contribution in [3.05, 3.63) is 76.3 Å². The molecule has 4 rings (SSSR count). The smallest absolute Gasteiger partial charge is 0.266 e. The van der Waals surface area contributed by atoms with E-state index < -0.39 is 0 Å². The minimum Gasteiger partial charge on any atom is -0.496 e. The van der Waals surface area contributed by atoms with E-state index in [0.717, 1.165) is 16.7 Å². The lowest BCUT2D eigenvalue weighted by Gasteiger charge is -2.10. The molecule has 2 heterocycles. The molecule has 0 spiro atoms. The first-order valence-electron chi connectivity index (χ1n) is 9.87. The second kappa shape index (κ2) is 8.83. The van der Waals surface area contributed by atoms with Crippen LogP contribution in [0.25, 0.3) is 22.4 Å². The molecular weight excluding hydrogens is 396 g/mol. The summed E-state index contributed by atoms with van der Waals surface area (Å²) in [5, 5.41) is 7.19. The second-order valence-electron chi connectivity index (χ2n) is 7.16. The molecule has 0 aliphatic rings.